The molecule has 4 aromatic carbocycles. The van der Waals surface area contributed by atoms with Crippen molar-refractivity contribution in [2.24, 2.45) is 0 Å². The molecule has 0 amide bonds. The largest absolute Gasteiger partial charge is 0.506 e. The third-order valence-corrected chi connectivity index (χ3v) is 10.8. The number of carbonyl (C=O) groups excluding carboxylic acids is 4. The molecular weight excluding hydrogens is 841 g/mol. The molecule has 1 unspecified atom stereocenters. The minimum absolute atomic E-state index is 0.0550. The summed E-state index contributed by atoms with van der Waals surface area (Å²) in [4.78, 5) is 47.4. The molecule has 1 atom stereocenters. The zero-order valence-electron chi connectivity index (χ0n) is 36.3. The number of nitrogens with zero attached hydrogens (tertiary/aromatic N) is 3. The van der Waals surface area contributed by atoms with E-state index >= 15 is 0 Å². The molecule has 2 heterocycles. The van der Waals surface area contributed by atoms with Crippen molar-refractivity contribution in [3.8, 4) is 17.2 Å². The molecule has 1 aromatic heterocycles. The van der Waals surface area contributed by atoms with Gasteiger partial charge in [-0.1, -0.05) is 68.3 Å². The fourth-order valence-electron chi connectivity index (χ4n) is 5.46. The standard InChI is InChI=1S/C25H25NO7S.C18H17N3O3.C5H8O/c1-4-26-20-12-8-9-13-21(20)33-23(26)15-14-22(34(29,30)19-10-6-5-7-11-19)25(28)32-17-16-31-24(27)18(2)3;1-12(2)18(23)24-10-9-13-7-8-17(22)16(11-13)21-19-14-5-3-4-6-15(14)20-21;1-4(2)5(3)6/h5-15H,2,4,16-17H2,1,3H3;3-8,11,22H,1,9-10H2,2H3;1H2,2-3H3/p+1/b22-14-,23-15-;;. The summed E-state index contributed by atoms with van der Waals surface area (Å²) in [6.45, 7) is 19.0. The SMILES string of the molecule is C=C(C)C(=O)OCCOC(=O)/C(=C/C=C1\Oc2ccccc2[NH+]1CC)S(=O)(=O)c1ccccc1.C=C(C)C(=O)OCCc1ccc(O)c(-n2nc3ccccc3n2)c1.C=C(C)C(C)=O. The van der Waals surface area contributed by atoms with Crippen LogP contribution in [0.25, 0.3) is 16.7 Å². The Labute approximate surface area is 372 Å². The van der Waals surface area contributed by atoms with E-state index < -0.39 is 32.7 Å². The van der Waals surface area contributed by atoms with Gasteiger partial charge < -0.3 is 24.1 Å². The third-order valence-electron chi connectivity index (χ3n) is 9.03. The van der Waals surface area contributed by atoms with Gasteiger partial charge >= 0.3 is 23.8 Å². The van der Waals surface area contributed by atoms with Crippen LogP contribution in [0.3, 0.4) is 0 Å². The first-order valence-electron chi connectivity index (χ1n) is 19.9. The van der Waals surface area contributed by atoms with E-state index in [1.54, 1.807) is 50.2 Å². The van der Waals surface area contributed by atoms with E-state index in [9.17, 15) is 32.7 Å². The molecule has 0 aliphatic carbocycles. The number of ether oxygens (including phenoxy) is 4. The molecule has 0 bridgehead atoms. The van der Waals surface area contributed by atoms with Crippen LogP contribution in [-0.2, 0) is 49.6 Å². The van der Waals surface area contributed by atoms with Crippen LogP contribution in [0, 0.1) is 0 Å². The summed E-state index contributed by atoms with van der Waals surface area (Å²) in [7, 11) is -4.20. The van der Waals surface area contributed by atoms with Gasteiger partial charge in [0, 0.05) is 29.7 Å². The Morgan fingerprint density at radius 1 is 0.734 bits per heavy atom. The number of allylic oxidation sites excluding steroid dienone is 3. The van der Waals surface area contributed by atoms with Crippen molar-refractivity contribution in [3.63, 3.8) is 0 Å². The van der Waals surface area contributed by atoms with Crippen LogP contribution in [0.2, 0.25) is 0 Å². The topological polar surface area (TPSA) is 195 Å². The minimum atomic E-state index is -4.20. The summed E-state index contributed by atoms with van der Waals surface area (Å²) in [5.74, 6) is -0.849. The summed E-state index contributed by atoms with van der Waals surface area (Å²) in [5.41, 5.74) is 4.98. The first-order chi connectivity index (χ1) is 30.4. The average Bonchev–Trinajstić information content (AvgIpc) is 3.87. The second-order valence-corrected chi connectivity index (χ2v) is 16.1. The maximum Gasteiger partial charge on any atom is 0.350 e. The third kappa shape index (κ3) is 13.5. The van der Waals surface area contributed by atoms with Gasteiger partial charge in [0.1, 0.15) is 35.7 Å². The highest BCUT2D eigenvalue weighted by Gasteiger charge is 2.32. The van der Waals surface area contributed by atoms with Crippen LogP contribution < -0.4 is 9.64 Å². The van der Waals surface area contributed by atoms with Gasteiger partial charge in [-0.05, 0) is 94.3 Å². The van der Waals surface area contributed by atoms with E-state index in [1.165, 1.54) is 42.9 Å². The average molecular weight is 892 g/mol. The fourth-order valence-corrected chi connectivity index (χ4v) is 6.76. The van der Waals surface area contributed by atoms with Crippen LogP contribution in [0.1, 0.15) is 40.2 Å². The van der Waals surface area contributed by atoms with E-state index in [4.69, 9.17) is 18.9 Å². The second kappa shape index (κ2) is 23.1. The molecule has 1 aliphatic rings. The summed E-state index contributed by atoms with van der Waals surface area (Å²) >= 11 is 0. The normalized spacial score (nSPS) is 13.5. The van der Waals surface area contributed by atoms with Gasteiger partial charge in [-0.2, -0.15) is 0 Å². The minimum Gasteiger partial charge on any atom is -0.506 e. The first-order valence-corrected chi connectivity index (χ1v) is 21.4. The molecule has 0 radical (unpaired) electrons. The molecule has 16 heteroatoms. The number of rotatable bonds is 15. The van der Waals surface area contributed by atoms with E-state index in [0.717, 1.165) is 27.2 Å². The highest BCUT2D eigenvalue weighted by molar-refractivity contribution is 7.96. The molecule has 0 fully saturated rings. The van der Waals surface area contributed by atoms with E-state index in [-0.39, 0.29) is 41.8 Å². The Morgan fingerprint density at radius 2 is 1.27 bits per heavy atom. The van der Waals surface area contributed by atoms with E-state index in [1.807, 2.05) is 55.5 Å². The van der Waals surface area contributed by atoms with Crippen LogP contribution in [0.5, 0.6) is 11.5 Å². The molecular formula is C48H51N4O11S+. The Hall–Kier alpha value is -7.43. The quantitative estimate of drug-likeness (QED) is 0.0507. The van der Waals surface area contributed by atoms with Crippen molar-refractivity contribution in [1.29, 1.82) is 0 Å². The first kappa shape index (κ1) is 49.2. The van der Waals surface area contributed by atoms with Crippen molar-refractivity contribution in [1.82, 2.24) is 15.0 Å². The number of fused-ring (bicyclic) bond motifs is 2. The smallest absolute Gasteiger partial charge is 0.350 e. The van der Waals surface area contributed by atoms with Crippen LogP contribution in [-0.4, -0.2) is 78.6 Å². The molecule has 5 aromatic rings. The van der Waals surface area contributed by atoms with Gasteiger partial charge in [0.05, 0.1) is 18.0 Å². The Morgan fingerprint density at radius 3 is 1.83 bits per heavy atom. The number of hydrogen-bond acceptors (Lipinski definition) is 13. The van der Waals surface area contributed by atoms with Crippen LogP contribution >= 0.6 is 0 Å². The number of sulfone groups is 1. The van der Waals surface area contributed by atoms with Crippen molar-refractivity contribution in [2.75, 3.05) is 26.4 Å². The predicted octanol–water partition coefficient (Wildman–Crippen LogP) is 6.42. The molecule has 0 saturated heterocycles. The lowest BCUT2D eigenvalue weighted by molar-refractivity contribution is -0.793. The number of aromatic hydroxyl groups is 1. The summed E-state index contributed by atoms with van der Waals surface area (Å²) in [5, 5.41) is 18.8. The number of phenols is 1. The maximum absolute atomic E-state index is 13.2. The molecule has 6 rings (SSSR count). The summed E-state index contributed by atoms with van der Waals surface area (Å²) in [6, 6.07) is 27.7. The van der Waals surface area contributed by atoms with E-state index in [0.29, 0.717) is 41.4 Å². The Kier molecular flexibility index (Phi) is 17.8. The molecule has 0 saturated carbocycles. The van der Waals surface area contributed by atoms with Gasteiger partial charge in [0.2, 0.25) is 9.84 Å². The van der Waals surface area contributed by atoms with E-state index in [2.05, 4.69) is 29.9 Å². The van der Waals surface area contributed by atoms with Crippen molar-refractivity contribution >= 4 is 50.2 Å². The zero-order valence-corrected chi connectivity index (χ0v) is 37.1. The second-order valence-electron chi connectivity index (χ2n) is 14.2. The summed E-state index contributed by atoms with van der Waals surface area (Å²) in [6.07, 6.45) is 3.16. The number of para-hydroxylation sites is 2. The number of ketones is 1. The van der Waals surface area contributed by atoms with Crippen molar-refractivity contribution < 1.29 is 56.5 Å². The lowest BCUT2D eigenvalue weighted by Gasteiger charge is -2.11. The Balaban J connectivity index is 0.000000259. The lowest BCUT2D eigenvalue weighted by atomic mass is 10.1. The maximum atomic E-state index is 13.2. The molecule has 0 spiro atoms. The van der Waals surface area contributed by atoms with Crippen LogP contribution in [0.15, 0.2) is 161 Å². The predicted molar refractivity (Wildman–Crippen MR) is 240 cm³/mol. The van der Waals surface area contributed by atoms with Gasteiger partial charge in [-0.3, -0.25) is 4.79 Å². The molecule has 1 aliphatic heterocycles. The number of Topliss-reactive ketones (excluding diaryl/α,β-unsaturated/α-hetero) is 1. The lowest BCUT2D eigenvalue weighted by Crippen LogP contribution is -3.04. The number of carbonyl (C=O) groups is 4. The van der Waals surface area contributed by atoms with Gasteiger partial charge in [-0.15, -0.1) is 15.0 Å². The molecule has 64 heavy (non-hydrogen) atoms. The van der Waals surface area contributed by atoms with Crippen molar-refractivity contribution in [3.05, 3.63) is 162 Å². The molecule has 15 nitrogen and oxygen atoms in total. The number of esters is 3. The number of aromatic nitrogens is 3. The molecule has 334 valence electrons. The molecule has 2 N–H and O–H groups in total. The highest BCUT2D eigenvalue weighted by Crippen LogP contribution is 2.28. The van der Waals surface area contributed by atoms with Gasteiger partial charge in [-0.25, -0.2) is 27.7 Å². The Bertz CT molecular complexity index is 2670. The number of quaternary nitrogens is 1. The van der Waals surface area contributed by atoms with Gasteiger partial charge in [0.15, 0.2) is 22.1 Å². The van der Waals surface area contributed by atoms with Crippen LogP contribution in [0.4, 0.5) is 5.69 Å². The number of benzene rings is 4. The highest BCUT2D eigenvalue weighted by atomic mass is 32.2. The number of phenolic OH excluding ortho intramolecular Hbond substituents is 1. The zero-order chi connectivity index (χ0) is 47.0. The monoisotopic (exact) mass is 891 g/mol. The summed E-state index contributed by atoms with van der Waals surface area (Å²) < 4.78 is 47.4. The number of nitrogens with one attached hydrogen (secondary N) is 1. The number of hydrogen-bond donors (Lipinski definition) is 2. The fraction of sp³-hybridized carbons (Fsp3) is 0.208. The van der Waals surface area contributed by atoms with Gasteiger partial charge in [0.25, 0.3) is 0 Å². The van der Waals surface area contributed by atoms with Crippen molar-refractivity contribution in [2.45, 2.75) is 45.9 Å².